The molecule has 1 aliphatic heterocycles. The van der Waals surface area contributed by atoms with E-state index in [-0.39, 0.29) is 7.43 Å². The van der Waals surface area contributed by atoms with Crippen molar-refractivity contribution in [2.24, 2.45) is 5.92 Å². The minimum Gasteiger partial charge on any atom is -0.381 e. The van der Waals surface area contributed by atoms with E-state index in [9.17, 15) is 0 Å². The molecule has 0 radical (unpaired) electrons. The summed E-state index contributed by atoms with van der Waals surface area (Å²) >= 11 is 0. The van der Waals surface area contributed by atoms with Gasteiger partial charge in [0.05, 0.1) is 13.2 Å². The van der Waals surface area contributed by atoms with Gasteiger partial charge in [-0.15, -0.1) is 0 Å². The van der Waals surface area contributed by atoms with Crippen molar-refractivity contribution in [3.63, 3.8) is 0 Å². The fourth-order valence-electron chi connectivity index (χ4n) is 0.354. The number of hydrogen-bond donors (Lipinski definition) is 0. The molecule has 0 amide bonds. The normalized spacial score (nSPS) is 21.5. The van der Waals surface area contributed by atoms with Crippen molar-refractivity contribution in [2.45, 2.75) is 14.4 Å². The molecule has 1 aliphatic rings. The topological polar surface area (TPSA) is 9.23 Å². The van der Waals surface area contributed by atoms with Crippen LogP contribution in [-0.4, -0.2) is 13.2 Å². The van der Waals surface area contributed by atoms with Gasteiger partial charge in [-0.3, -0.25) is 0 Å². The summed E-state index contributed by atoms with van der Waals surface area (Å²) in [6, 6.07) is 0. The molecular formula is C5H12O. The Balaban J connectivity index is 0.000000250. The van der Waals surface area contributed by atoms with Crippen LogP contribution in [0.3, 0.4) is 0 Å². The highest BCUT2D eigenvalue weighted by Gasteiger charge is 2.09. The Labute approximate surface area is 39.3 Å². The highest BCUT2D eigenvalue weighted by molar-refractivity contribution is 4.56. The lowest BCUT2D eigenvalue weighted by molar-refractivity contribution is -0.0221. The summed E-state index contributed by atoms with van der Waals surface area (Å²) in [6.45, 7) is 4.16. The Hall–Kier alpha value is -0.0400. The molecule has 1 heterocycles. The Morgan fingerprint density at radius 1 is 1.50 bits per heavy atom. The van der Waals surface area contributed by atoms with E-state index in [0.29, 0.717) is 0 Å². The molecule has 0 saturated carbocycles. The van der Waals surface area contributed by atoms with Crippen LogP contribution in [0.5, 0.6) is 0 Å². The Morgan fingerprint density at radius 3 is 1.83 bits per heavy atom. The fraction of sp³-hybridized carbons (Fsp3) is 1.00. The SMILES string of the molecule is C.CC1COC1. The molecule has 0 atom stereocenters. The predicted octanol–water partition coefficient (Wildman–Crippen LogP) is 1.29. The number of rotatable bonds is 0. The molecule has 1 saturated heterocycles. The van der Waals surface area contributed by atoms with Crippen LogP contribution in [0.1, 0.15) is 14.4 Å². The molecular weight excluding hydrogens is 76.1 g/mol. The van der Waals surface area contributed by atoms with E-state index < -0.39 is 0 Å². The zero-order valence-electron chi connectivity index (χ0n) is 3.40. The second-order valence-electron chi connectivity index (χ2n) is 1.64. The minimum atomic E-state index is 0. The van der Waals surface area contributed by atoms with Crippen LogP contribution < -0.4 is 0 Å². The monoisotopic (exact) mass is 88.1 g/mol. The van der Waals surface area contributed by atoms with Crippen LogP contribution in [0.2, 0.25) is 0 Å². The van der Waals surface area contributed by atoms with Gasteiger partial charge >= 0.3 is 0 Å². The maximum Gasteiger partial charge on any atom is 0.0513 e. The van der Waals surface area contributed by atoms with Gasteiger partial charge in [-0.2, -0.15) is 0 Å². The lowest BCUT2D eigenvalue weighted by Crippen LogP contribution is -2.23. The van der Waals surface area contributed by atoms with Crippen molar-refractivity contribution in [1.82, 2.24) is 0 Å². The van der Waals surface area contributed by atoms with E-state index in [1.807, 2.05) is 0 Å². The fourth-order valence-corrected chi connectivity index (χ4v) is 0.354. The van der Waals surface area contributed by atoms with Gasteiger partial charge in [-0.1, -0.05) is 14.4 Å². The summed E-state index contributed by atoms with van der Waals surface area (Å²) in [6.07, 6.45) is 0. The van der Waals surface area contributed by atoms with Gasteiger partial charge in [0.2, 0.25) is 0 Å². The second-order valence-corrected chi connectivity index (χ2v) is 1.64. The molecule has 0 bridgehead atoms. The quantitative estimate of drug-likeness (QED) is 0.433. The lowest BCUT2D eigenvalue weighted by atomic mass is 10.2. The summed E-state index contributed by atoms with van der Waals surface area (Å²) in [7, 11) is 0. The van der Waals surface area contributed by atoms with Crippen molar-refractivity contribution in [3.05, 3.63) is 0 Å². The van der Waals surface area contributed by atoms with Crippen LogP contribution >= 0.6 is 0 Å². The van der Waals surface area contributed by atoms with E-state index in [0.717, 1.165) is 19.1 Å². The van der Waals surface area contributed by atoms with Crippen molar-refractivity contribution < 1.29 is 4.74 Å². The molecule has 1 nitrogen and oxygen atoms in total. The van der Waals surface area contributed by atoms with Crippen molar-refractivity contribution >= 4 is 0 Å². The van der Waals surface area contributed by atoms with E-state index in [2.05, 4.69) is 6.92 Å². The summed E-state index contributed by atoms with van der Waals surface area (Å²) < 4.78 is 4.83. The Bertz CT molecular complexity index is 30.9. The van der Waals surface area contributed by atoms with Crippen molar-refractivity contribution in [1.29, 1.82) is 0 Å². The maximum atomic E-state index is 4.83. The zero-order chi connectivity index (χ0) is 3.70. The van der Waals surface area contributed by atoms with Crippen LogP contribution in [0.4, 0.5) is 0 Å². The van der Waals surface area contributed by atoms with E-state index in [1.54, 1.807) is 0 Å². The summed E-state index contributed by atoms with van der Waals surface area (Å²) in [5.41, 5.74) is 0. The first-order valence-electron chi connectivity index (χ1n) is 1.97. The van der Waals surface area contributed by atoms with Gasteiger partial charge in [0.15, 0.2) is 0 Å². The molecule has 1 heteroatoms. The minimum absolute atomic E-state index is 0. The Kier molecular flexibility index (Phi) is 2.18. The molecule has 38 valence electrons. The molecule has 1 fully saturated rings. The highest BCUT2D eigenvalue weighted by Crippen LogP contribution is 2.05. The zero-order valence-corrected chi connectivity index (χ0v) is 3.40. The van der Waals surface area contributed by atoms with E-state index >= 15 is 0 Å². The van der Waals surface area contributed by atoms with Gasteiger partial charge < -0.3 is 4.74 Å². The standard InChI is InChI=1S/C4H8O.CH4/c1-4-2-5-3-4;/h4H,2-3H2,1H3;1H4. The molecule has 0 spiro atoms. The van der Waals surface area contributed by atoms with Crippen LogP contribution in [-0.2, 0) is 4.74 Å². The molecule has 6 heavy (non-hydrogen) atoms. The summed E-state index contributed by atoms with van der Waals surface area (Å²) in [4.78, 5) is 0. The molecule has 0 unspecified atom stereocenters. The first kappa shape index (κ1) is 5.96. The predicted molar refractivity (Wildman–Crippen MR) is 26.7 cm³/mol. The van der Waals surface area contributed by atoms with Crippen LogP contribution in [0.25, 0.3) is 0 Å². The molecule has 1 rings (SSSR count). The highest BCUT2D eigenvalue weighted by atomic mass is 16.5. The first-order chi connectivity index (χ1) is 2.39. The Morgan fingerprint density at radius 2 is 1.83 bits per heavy atom. The van der Waals surface area contributed by atoms with Gasteiger partial charge in [0.25, 0.3) is 0 Å². The maximum absolute atomic E-state index is 4.83. The lowest BCUT2D eigenvalue weighted by Gasteiger charge is -2.20. The molecule has 0 aromatic rings. The summed E-state index contributed by atoms with van der Waals surface area (Å²) in [5, 5.41) is 0. The molecule has 0 aromatic carbocycles. The van der Waals surface area contributed by atoms with Gasteiger partial charge in [-0.25, -0.2) is 0 Å². The van der Waals surface area contributed by atoms with Gasteiger partial charge in [-0.05, 0) is 0 Å². The second kappa shape index (κ2) is 2.19. The smallest absolute Gasteiger partial charge is 0.0513 e. The van der Waals surface area contributed by atoms with Gasteiger partial charge in [0.1, 0.15) is 0 Å². The number of hydrogen-bond acceptors (Lipinski definition) is 1. The number of ether oxygens (including phenoxy) is 1. The average Bonchev–Trinajstić information content (AvgIpc) is 1.30. The molecule has 0 aliphatic carbocycles. The van der Waals surface area contributed by atoms with Crippen LogP contribution in [0, 0.1) is 5.92 Å². The average molecular weight is 88.2 g/mol. The van der Waals surface area contributed by atoms with Crippen LogP contribution in [0.15, 0.2) is 0 Å². The van der Waals surface area contributed by atoms with Gasteiger partial charge in [0, 0.05) is 5.92 Å². The van der Waals surface area contributed by atoms with Crippen molar-refractivity contribution in [3.8, 4) is 0 Å². The van der Waals surface area contributed by atoms with E-state index in [4.69, 9.17) is 4.74 Å². The first-order valence-corrected chi connectivity index (χ1v) is 1.97. The largest absolute Gasteiger partial charge is 0.381 e. The third kappa shape index (κ3) is 0.977. The third-order valence-electron chi connectivity index (χ3n) is 0.805. The summed E-state index contributed by atoms with van der Waals surface area (Å²) in [5.74, 6) is 0.843. The van der Waals surface area contributed by atoms with E-state index in [1.165, 1.54) is 0 Å². The molecule has 0 N–H and O–H groups in total. The van der Waals surface area contributed by atoms with Crippen molar-refractivity contribution in [2.75, 3.05) is 13.2 Å². The third-order valence-corrected chi connectivity index (χ3v) is 0.805. The molecule has 0 aromatic heterocycles.